The van der Waals surface area contributed by atoms with Crippen LogP contribution in [0.1, 0.15) is 45.4 Å². The molecule has 1 aliphatic heterocycles. The predicted molar refractivity (Wildman–Crippen MR) is 75.1 cm³/mol. The molecule has 0 aromatic rings. The molecule has 3 heteroatoms. The third kappa shape index (κ3) is 1.76. The maximum absolute atomic E-state index is 11.8. The van der Waals surface area contributed by atoms with Crippen molar-refractivity contribution in [2.45, 2.75) is 51.2 Å². The molecular weight excluding hydrogens is 252 g/mol. The minimum Gasteiger partial charge on any atom is -0.347 e. The van der Waals surface area contributed by atoms with E-state index in [4.69, 9.17) is 9.47 Å². The molecule has 4 rings (SSSR count). The van der Waals surface area contributed by atoms with Gasteiger partial charge in [-0.15, -0.1) is 0 Å². The van der Waals surface area contributed by atoms with Gasteiger partial charge in [0.15, 0.2) is 11.6 Å². The van der Waals surface area contributed by atoms with E-state index in [0.29, 0.717) is 24.9 Å². The number of allylic oxidation sites excluding steroid dienone is 3. The summed E-state index contributed by atoms with van der Waals surface area (Å²) in [6.45, 7) is 3.75. The maximum Gasteiger partial charge on any atom is 0.172 e. The molecule has 0 aromatic carbocycles. The highest BCUT2D eigenvalue weighted by Crippen LogP contribution is 2.57. The number of carbonyl (C=O) groups is 1. The highest BCUT2D eigenvalue weighted by molar-refractivity contribution is 5.91. The molecule has 3 aliphatic carbocycles. The van der Waals surface area contributed by atoms with Crippen LogP contribution in [0.4, 0.5) is 0 Å². The lowest BCUT2D eigenvalue weighted by Crippen LogP contribution is -2.44. The van der Waals surface area contributed by atoms with Gasteiger partial charge in [0.05, 0.1) is 13.2 Å². The maximum atomic E-state index is 11.8. The molecule has 2 fully saturated rings. The van der Waals surface area contributed by atoms with E-state index in [1.165, 1.54) is 11.1 Å². The van der Waals surface area contributed by atoms with Crippen molar-refractivity contribution in [3.05, 3.63) is 23.3 Å². The monoisotopic (exact) mass is 274 g/mol. The summed E-state index contributed by atoms with van der Waals surface area (Å²) >= 11 is 0. The third-order valence-electron chi connectivity index (χ3n) is 5.77. The first-order valence-corrected chi connectivity index (χ1v) is 7.84. The average Bonchev–Trinajstić information content (AvgIpc) is 2.89. The summed E-state index contributed by atoms with van der Waals surface area (Å²) in [5.74, 6) is 0.533. The Labute approximate surface area is 120 Å². The number of ketones is 1. The molecule has 2 atom stereocenters. The molecule has 1 saturated heterocycles. The molecule has 0 bridgehead atoms. The van der Waals surface area contributed by atoms with E-state index < -0.39 is 0 Å². The molecule has 1 heterocycles. The number of hydrogen-bond acceptors (Lipinski definition) is 3. The van der Waals surface area contributed by atoms with Crippen LogP contribution in [0.5, 0.6) is 0 Å². The van der Waals surface area contributed by atoms with E-state index in [1.54, 1.807) is 0 Å². The second-order valence-corrected chi connectivity index (χ2v) is 6.88. The summed E-state index contributed by atoms with van der Waals surface area (Å²) in [5.41, 5.74) is 2.89. The number of ether oxygens (including phenoxy) is 2. The van der Waals surface area contributed by atoms with Gasteiger partial charge < -0.3 is 9.47 Å². The number of rotatable bonds is 0. The molecule has 4 aliphatic rings. The summed E-state index contributed by atoms with van der Waals surface area (Å²) in [4.78, 5) is 11.8. The first-order valence-electron chi connectivity index (χ1n) is 7.84. The fourth-order valence-corrected chi connectivity index (χ4v) is 4.52. The number of carbonyl (C=O) groups excluding carboxylic acids is 1. The van der Waals surface area contributed by atoms with Crippen LogP contribution in [0.25, 0.3) is 0 Å². The minimum absolute atomic E-state index is 0.0690. The molecule has 0 amide bonds. The smallest absolute Gasteiger partial charge is 0.172 e. The van der Waals surface area contributed by atoms with Crippen molar-refractivity contribution in [3.63, 3.8) is 0 Å². The first kappa shape index (κ1) is 12.8. The zero-order chi connectivity index (χ0) is 13.8. The summed E-state index contributed by atoms with van der Waals surface area (Å²) in [7, 11) is 0. The van der Waals surface area contributed by atoms with Crippen molar-refractivity contribution < 1.29 is 14.3 Å². The fraction of sp³-hybridized carbons (Fsp3) is 0.706. The Morgan fingerprint density at radius 3 is 2.85 bits per heavy atom. The van der Waals surface area contributed by atoms with Crippen LogP contribution in [-0.4, -0.2) is 24.8 Å². The topological polar surface area (TPSA) is 35.5 Å². The van der Waals surface area contributed by atoms with Crippen LogP contribution in [-0.2, 0) is 14.3 Å². The second kappa shape index (κ2) is 4.28. The largest absolute Gasteiger partial charge is 0.347 e. The lowest BCUT2D eigenvalue weighted by atomic mass is 9.57. The highest BCUT2D eigenvalue weighted by atomic mass is 16.7. The van der Waals surface area contributed by atoms with Crippen molar-refractivity contribution in [3.8, 4) is 0 Å². The van der Waals surface area contributed by atoms with Crippen LogP contribution in [0, 0.1) is 11.3 Å². The van der Waals surface area contributed by atoms with Crippen molar-refractivity contribution in [2.24, 2.45) is 11.3 Å². The summed E-state index contributed by atoms with van der Waals surface area (Å²) in [6.07, 6.45) is 10.1. The lowest BCUT2D eigenvalue weighted by molar-refractivity contribution is -0.175. The van der Waals surface area contributed by atoms with Crippen LogP contribution >= 0.6 is 0 Å². The molecule has 3 nitrogen and oxygen atoms in total. The van der Waals surface area contributed by atoms with Crippen LogP contribution in [0.3, 0.4) is 0 Å². The normalized spacial score (nSPS) is 39.0. The summed E-state index contributed by atoms with van der Waals surface area (Å²) < 4.78 is 11.8. The Bertz CT molecular complexity index is 510. The SMILES string of the molecule is C[C@]12CCC3(CC1=CCC1CCC(=O)C=C12)OCCO3. The molecule has 1 unspecified atom stereocenters. The van der Waals surface area contributed by atoms with Crippen molar-refractivity contribution in [1.82, 2.24) is 0 Å². The van der Waals surface area contributed by atoms with Crippen LogP contribution < -0.4 is 0 Å². The summed E-state index contributed by atoms with van der Waals surface area (Å²) in [5, 5.41) is 0. The molecule has 0 aromatic heterocycles. The Morgan fingerprint density at radius 2 is 2.05 bits per heavy atom. The second-order valence-electron chi connectivity index (χ2n) is 6.88. The molecule has 20 heavy (non-hydrogen) atoms. The highest BCUT2D eigenvalue weighted by Gasteiger charge is 2.51. The minimum atomic E-state index is -0.364. The van der Waals surface area contributed by atoms with Gasteiger partial charge in [0.25, 0.3) is 0 Å². The predicted octanol–water partition coefficient (Wildman–Crippen LogP) is 3.16. The van der Waals surface area contributed by atoms with E-state index in [0.717, 1.165) is 38.5 Å². The van der Waals surface area contributed by atoms with Crippen molar-refractivity contribution in [2.75, 3.05) is 13.2 Å². The van der Waals surface area contributed by atoms with Gasteiger partial charge in [-0.05, 0) is 31.3 Å². The van der Waals surface area contributed by atoms with Crippen LogP contribution in [0.15, 0.2) is 23.3 Å². The zero-order valence-electron chi connectivity index (χ0n) is 12.1. The zero-order valence-corrected chi connectivity index (χ0v) is 12.1. The van der Waals surface area contributed by atoms with Crippen molar-refractivity contribution in [1.29, 1.82) is 0 Å². The number of fused-ring (bicyclic) bond motifs is 3. The molecule has 1 spiro atoms. The van der Waals surface area contributed by atoms with Gasteiger partial charge in [0.2, 0.25) is 0 Å². The van der Waals surface area contributed by atoms with Gasteiger partial charge in [0.1, 0.15) is 0 Å². The Kier molecular flexibility index (Phi) is 2.74. The van der Waals surface area contributed by atoms with Gasteiger partial charge >= 0.3 is 0 Å². The van der Waals surface area contributed by atoms with E-state index in [2.05, 4.69) is 13.0 Å². The van der Waals surface area contributed by atoms with E-state index >= 15 is 0 Å². The van der Waals surface area contributed by atoms with E-state index in [-0.39, 0.29) is 11.2 Å². The van der Waals surface area contributed by atoms with Gasteiger partial charge in [0, 0.05) is 24.7 Å². The van der Waals surface area contributed by atoms with Gasteiger partial charge in [-0.3, -0.25) is 4.79 Å². The lowest BCUT2D eigenvalue weighted by Gasteiger charge is -2.50. The molecular formula is C17H22O3. The Balaban J connectivity index is 1.70. The quantitative estimate of drug-likeness (QED) is 0.637. The standard InChI is InChI=1S/C17H22O3/c1-16-6-7-17(19-8-9-20-17)11-13(16)4-2-12-3-5-14(18)10-15(12)16/h4,10,12H,2-3,5-9,11H2,1H3/t12?,16-/m0/s1. The van der Waals surface area contributed by atoms with Gasteiger partial charge in [-0.25, -0.2) is 0 Å². The average molecular weight is 274 g/mol. The van der Waals surface area contributed by atoms with E-state index in [9.17, 15) is 4.79 Å². The summed E-state index contributed by atoms with van der Waals surface area (Å²) in [6, 6.07) is 0. The van der Waals surface area contributed by atoms with Gasteiger partial charge in [-0.1, -0.05) is 24.1 Å². The molecule has 0 N–H and O–H groups in total. The van der Waals surface area contributed by atoms with Crippen LogP contribution in [0.2, 0.25) is 0 Å². The molecule has 1 saturated carbocycles. The third-order valence-corrected chi connectivity index (χ3v) is 5.77. The Morgan fingerprint density at radius 1 is 1.25 bits per heavy atom. The van der Waals surface area contributed by atoms with Gasteiger partial charge in [-0.2, -0.15) is 0 Å². The molecule has 108 valence electrons. The molecule has 0 radical (unpaired) electrons. The first-order chi connectivity index (χ1) is 9.61. The Hall–Kier alpha value is -0.930. The fourth-order valence-electron chi connectivity index (χ4n) is 4.52. The van der Waals surface area contributed by atoms with E-state index in [1.807, 2.05) is 6.08 Å². The number of hydrogen-bond donors (Lipinski definition) is 0. The van der Waals surface area contributed by atoms with Crippen molar-refractivity contribution >= 4 is 5.78 Å².